The summed E-state index contributed by atoms with van der Waals surface area (Å²) in [4.78, 5) is 4.55. The molecule has 1 saturated carbocycles. The van der Waals surface area contributed by atoms with E-state index in [1.54, 1.807) is 13.3 Å². The van der Waals surface area contributed by atoms with E-state index in [4.69, 9.17) is 4.74 Å². The standard InChI is InChI=1S/C17H21FN6O/c1-19-8-10-9-24(23-22-10)15-12(25-3)7-11-14(13(15)18)21-16(20-2)17(11)5-4-6-17/h7,9,19H,4-6,8H2,1-3H3,(H,20,21). The van der Waals surface area contributed by atoms with Crippen LogP contribution in [0, 0.1) is 5.82 Å². The zero-order valence-electron chi connectivity index (χ0n) is 14.6. The Bertz CT molecular complexity index is 855. The third-order valence-corrected chi connectivity index (χ3v) is 5.16. The molecule has 0 amide bonds. The summed E-state index contributed by atoms with van der Waals surface area (Å²) in [6, 6.07) is 1.90. The van der Waals surface area contributed by atoms with Crippen molar-refractivity contribution in [3.8, 4) is 11.4 Å². The molecule has 0 saturated heterocycles. The van der Waals surface area contributed by atoms with Gasteiger partial charge in [-0.1, -0.05) is 11.6 Å². The Morgan fingerprint density at radius 1 is 1.36 bits per heavy atom. The molecule has 132 valence electrons. The number of halogens is 1. The molecule has 8 heteroatoms. The molecular formula is C17H21FN6O. The largest absolute Gasteiger partial charge is 0.494 e. The van der Waals surface area contributed by atoms with Gasteiger partial charge in [-0.25, -0.2) is 14.1 Å². The number of nitrogens with one attached hydrogen (secondary N) is 2. The lowest BCUT2D eigenvalue weighted by Gasteiger charge is -2.40. The van der Waals surface area contributed by atoms with Gasteiger partial charge in [0.05, 0.1) is 24.4 Å². The van der Waals surface area contributed by atoms with Gasteiger partial charge >= 0.3 is 0 Å². The fourth-order valence-electron chi connectivity index (χ4n) is 3.80. The van der Waals surface area contributed by atoms with Crippen LogP contribution in [0.1, 0.15) is 30.5 Å². The summed E-state index contributed by atoms with van der Waals surface area (Å²) in [7, 11) is 5.20. The summed E-state index contributed by atoms with van der Waals surface area (Å²) in [6.07, 6.45) is 4.75. The van der Waals surface area contributed by atoms with Gasteiger partial charge in [-0.05, 0) is 31.5 Å². The highest BCUT2D eigenvalue weighted by atomic mass is 19.1. The Hall–Kier alpha value is -2.48. The first kappa shape index (κ1) is 16.0. The van der Waals surface area contributed by atoms with E-state index in [-0.39, 0.29) is 11.1 Å². The van der Waals surface area contributed by atoms with Crippen LogP contribution in [-0.2, 0) is 12.0 Å². The van der Waals surface area contributed by atoms with Gasteiger partial charge in [-0.15, -0.1) is 5.10 Å². The van der Waals surface area contributed by atoms with Crippen molar-refractivity contribution < 1.29 is 9.13 Å². The lowest BCUT2D eigenvalue weighted by atomic mass is 9.64. The molecule has 1 fully saturated rings. The normalized spacial score (nSPS) is 17.2. The first-order valence-electron chi connectivity index (χ1n) is 8.38. The van der Waals surface area contributed by atoms with Crippen molar-refractivity contribution in [2.45, 2.75) is 31.2 Å². The molecule has 2 heterocycles. The van der Waals surface area contributed by atoms with Crippen molar-refractivity contribution in [3.05, 3.63) is 29.3 Å². The fourth-order valence-corrected chi connectivity index (χ4v) is 3.80. The number of likely N-dealkylation sites (N-methyl/N-ethyl adjacent to an activating group) is 1. The summed E-state index contributed by atoms with van der Waals surface area (Å²) >= 11 is 0. The Morgan fingerprint density at radius 2 is 2.16 bits per heavy atom. The van der Waals surface area contributed by atoms with Gasteiger partial charge < -0.3 is 15.4 Å². The summed E-state index contributed by atoms with van der Waals surface area (Å²) in [5.74, 6) is 0.851. The summed E-state index contributed by atoms with van der Waals surface area (Å²) in [5.41, 5.74) is 2.05. The highest BCUT2D eigenvalue weighted by Crippen LogP contribution is 2.54. The average molecular weight is 344 g/mol. The predicted molar refractivity (Wildman–Crippen MR) is 92.3 cm³/mol. The van der Waals surface area contributed by atoms with E-state index in [1.165, 1.54) is 4.68 Å². The topological polar surface area (TPSA) is 76.4 Å². The molecule has 25 heavy (non-hydrogen) atoms. The van der Waals surface area contributed by atoms with E-state index in [2.05, 4.69) is 25.9 Å². The molecule has 1 aromatic carbocycles. The Morgan fingerprint density at radius 3 is 2.76 bits per heavy atom. The van der Waals surface area contributed by atoms with Crippen LogP contribution in [0.2, 0.25) is 0 Å². The van der Waals surface area contributed by atoms with Crippen LogP contribution < -0.4 is 15.4 Å². The third kappa shape index (κ3) is 2.17. The van der Waals surface area contributed by atoms with Crippen molar-refractivity contribution in [1.29, 1.82) is 0 Å². The quantitative estimate of drug-likeness (QED) is 0.885. The smallest absolute Gasteiger partial charge is 0.178 e. The van der Waals surface area contributed by atoms with Crippen molar-refractivity contribution in [3.63, 3.8) is 0 Å². The first-order valence-corrected chi connectivity index (χ1v) is 8.38. The molecule has 0 atom stereocenters. The SMILES string of the molecule is CNCc1cn(-c2c(OC)cc3c(c2F)N=C(NC)C32CCC2)nn1. The number of amidine groups is 1. The van der Waals surface area contributed by atoms with Crippen molar-refractivity contribution in [1.82, 2.24) is 25.6 Å². The number of hydrogen-bond acceptors (Lipinski definition) is 6. The molecular weight excluding hydrogens is 323 g/mol. The zero-order chi connectivity index (χ0) is 17.6. The van der Waals surface area contributed by atoms with Crippen molar-refractivity contribution in [2.75, 3.05) is 21.2 Å². The number of aliphatic imine (C=N–C) groups is 1. The molecule has 2 aromatic rings. The summed E-state index contributed by atoms with van der Waals surface area (Å²) in [5, 5.41) is 14.3. The van der Waals surface area contributed by atoms with Crippen LogP contribution in [0.3, 0.4) is 0 Å². The number of ether oxygens (including phenoxy) is 1. The average Bonchev–Trinajstić information content (AvgIpc) is 3.16. The number of methoxy groups -OCH3 is 1. The second kappa shape index (κ2) is 5.80. The maximum Gasteiger partial charge on any atom is 0.178 e. The maximum atomic E-state index is 15.4. The monoisotopic (exact) mass is 344 g/mol. The van der Waals surface area contributed by atoms with E-state index in [9.17, 15) is 0 Å². The Labute approximate surface area is 145 Å². The molecule has 0 radical (unpaired) electrons. The number of fused-ring (bicyclic) bond motifs is 2. The van der Waals surface area contributed by atoms with Crippen molar-refractivity contribution >= 4 is 11.5 Å². The van der Waals surface area contributed by atoms with Crippen LogP contribution in [0.4, 0.5) is 10.1 Å². The van der Waals surface area contributed by atoms with Gasteiger partial charge in [-0.2, -0.15) is 0 Å². The first-order chi connectivity index (χ1) is 12.1. The van der Waals surface area contributed by atoms with Crippen LogP contribution in [0.25, 0.3) is 5.69 Å². The minimum Gasteiger partial charge on any atom is -0.494 e. The number of nitrogens with zero attached hydrogens (tertiary/aromatic N) is 4. The number of rotatable bonds is 4. The van der Waals surface area contributed by atoms with E-state index in [0.29, 0.717) is 18.0 Å². The lowest BCUT2D eigenvalue weighted by Crippen LogP contribution is -2.45. The van der Waals surface area contributed by atoms with Gasteiger partial charge in [0.25, 0.3) is 0 Å². The van der Waals surface area contributed by atoms with Gasteiger partial charge in [0.2, 0.25) is 0 Å². The highest BCUT2D eigenvalue weighted by molar-refractivity contribution is 6.01. The number of aromatic nitrogens is 3. The summed E-state index contributed by atoms with van der Waals surface area (Å²) in [6.45, 7) is 0.556. The van der Waals surface area contributed by atoms with Crippen LogP contribution in [-0.4, -0.2) is 42.0 Å². The van der Waals surface area contributed by atoms with Crippen LogP contribution in [0.5, 0.6) is 5.75 Å². The third-order valence-electron chi connectivity index (χ3n) is 5.16. The second-order valence-electron chi connectivity index (χ2n) is 6.47. The molecule has 4 rings (SSSR count). The minimum absolute atomic E-state index is 0.198. The molecule has 7 nitrogen and oxygen atoms in total. The maximum absolute atomic E-state index is 15.4. The van der Waals surface area contributed by atoms with Gasteiger partial charge in [0.15, 0.2) is 5.82 Å². The van der Waals surface area contributed by atoms with Crippen LogP contribution in [0.15, 0.2) is 17.3 Å². The van der Waals surface area contributed by atoms with E-state index in [1.807, 2.05) is 20.2 Å². The van der Waals surface area contributed by atoms with E-state index >= 15 is 4.39 Å². The number of hydrogen-bond donors (Lipinski definition) is 2. The molecule has 1 aliphatic carbocycles. The van der Waals surface area contributed by atoms with E-state index in [0.717, 1.165) is 36.4 Å². The molecule has 1 aliphatic heterocycles. The Balaban J connectivity index is 1.88. The summed E-state index contributed by atoms with van der Waals surface area (Å²) < 4.78 is 22.3. The van der Waals surface area contributed by atoms with Gasteiger partial charge in [-0.3, -0.25) is 0 Å². The molecule has 0 bridgehead atoms. The van der Waals surface area contributed by atoms with Crippen molar-refractivity contribution in [2.24, 2.45) is 4.99 Å². The molecule has 1 aromatic heterocycles. The molecule has 0 unspecified atom stereocenters. The van der Waals surface area contributed by atoms with Gasteiger partial charge in [0.1, 0.15) is 23.0 Å². The lowest BCUT2D eigenvalue weighted by molar-refractivity contribution is 0.337. The second-order valence-corrected chi connectivity index (χ2v) is 6.47. The fraction of sp³-hybridized carbons (Fsp3) is 0.471. The number of benzene rings is 1. The minimum atomic E-state index is -0.424. The highest BCUT2D eigenvalue weighted by Gasteiger charge is 2.49. The predicted octanol–water partition coefficient (Wildman–Crippen LogP) is 1.82. The molecule has 2 aliphatic rings. The molecule has 1 spiro atoms. The Kier molecular flexibility index (Phi) is 3.72. The van der Waals surface area contributed by atoms with E-state index < -0.39 is 5.82 Å². The van der Waals surface area contributed by atoms with Gasteiger partial charge in [0, 0.05) is 13.6 Å². The molecule has 2 N–H and O–H groups in total. The zero-order valence-corrected chi connectivity index (χ0v) is 14.6. The van der Waals surface area contributed by atoms with Crippen LogP contribution >= 0.6 is 0 Å².